The molecule has 0 fully saturated rings. The number of aliphatic carboxylic acids is 4. The Balaban J connectivity index is 0.000000176. The summed E-state index contributed by atoms with van der Waals surface area (Å²) in [6, 6.07) is 38.1. The second-order valence-electron chi connectivity index (χ2n) is 24.7. The topological polar surface area (TPSA) is 299 Å². The molecular weight excluding hydrogens is 1380 g/mol. The maximum absolute atomic E-state index is 12.8. The number of carboxylic acid groups (broad SMARTS) is 4. The van der Waals surface area contributed by atoms with Crippen molar-refractivity contribution in [2.24, 2.45) is 23.7 Å². The number of carbonyl (C=O) groups is 12. The monoisotopic (exact) mass is 1450 g/mol. The van der Waals surface area contributed by atoms with Gasteiger partial charge < -0.3 is 20.4 Å². The summed E-state index contributed by atoms with van der Waals surface area (Å²) < 4.78 is 0. The first-order valence-corrected chi connectivity index (χ1v) is 30.2. The van der Waals surface area contributed by atoms with Gasteiger partial charge in [-0.15, -0.1) is 0 Å². The molecule has 0 aliphatic carbocycles. The number of benzene rings is 8. The van der Waals surface area contributed by atoms with Crippen molar-refractivity contribution in [1.29, 1.82) is 0 Å². The summed E-state index contributed by atoms with van der Waals surface area (Å²) in [5.41, 5.74) is 2.36. The van der Waals surface area contributed by atoms with E-state index in [1.54, 1.807) is 97.1 Å². The Bertz CT molecular complexity index is 3870. The summed E-state index contributed by atoms with van der Waals surface area (Å²) in [5.74, 6) is -8.58. The Morgan fingerprint density at radius 3 is 0.606 bits per heavy atom. The Morgan fingerprint density at radius 2 is 0.447 bits per heavy atom. The quantitative estimate of drug-likeness (QED) is 0.0516. The average Bonchev–Trinajstić information content (AvgIpc) is 1.62. The molecule has 4 N–H and O–H groups in total. The fourth-order valence-electron chi connectivity index (χ4n) is 12.3. The number of rotatable bonds is 16. The largest absolute Gasteiger partial charge is 0.480 e. The molecular formula is C72H68N4O16Rh2. The molecule has 4 atom stereocenters. The van der Waals surface area contributed by atoms with Gasteiger partial charge in [0.25, 0.3) is 47.3 Å². The smallest absolute Gasteiger partial charge is 0.326 e. The molecule has 490 valence electrons. The molecule has 4 aliphatic rings. The van der Waals surface area contributed by atoms with E-state index >= 15 is 0 Å². The van der Waals surface area contributed by atoms with Gasteiger partial charge >= 0.3 is 23.9 Å². The van der Waals surface area contributed by atoms with Crippen molar-refractivity contribution in [3.05, 3.63) is 190 Å². The second kappa shape index (κ2) is 29.6. The zero-order valence-electron chi connectivity index (χ0n) is 52.4. The van der Waals surface area contributed by atoms with E-state index in [9.17, 15) is 78.0 Å². The van der Waals surface area contributed by atoms with Crippen molar-refractivity contribution in [3.8, 4) is 0 Å². The minimum Gasteiger partial charge on any atom is -0.480 e. The summed E-state index contributed by atoms with van der Waals surface area (Å²) in [7, 11) is 0. The predicted octanol–water partition coefficient (Wildman–Crippen LogP) is 11.7. The predicted molar refractivity (Wildman–Crippen MR) is 341 cm³/mol. The summed E-state index contributed by atoms with van der Waals surface area (Å²) in [6.45, 7) is 14.9. The van der Waals surface area contributed by atoms with Crippen molar-refractivity contribution >= 4 is 114 Å². The number of carboxylic acids is 4. The van der Waals surface area contributed by atoms with E-state index in [2.05, 4.69) is 0 Å². The van der Waals surface area contributed by atoms with Gasteiger partial charge in [-0.1, -0.05) is 177 Å². The van der Waals surface area contributed by atoms with Crippen LogP contribution >= 0.6 is 0 Å². The van der Waals surface area contributed by atoms with Gasteiger partial charge in [-0.05, 0) is 117 Å². The van der Waals surface area contributed by atoms with Crippen molar-refractivity contribution < 1.29 is 117 Å². The Morgan fingerprint density at radius 1 is 0.277 bits per heavy atom. The molecule has 20 nitrogen and oxygen atoms in total. The summed E-state index contributed by atoms with van der Waals surface area (Å²) in [6.07, 6.45) is 0.939. The molecule has 4 heterocycles. The summed E-state index contributed by atoms with van der Waals surface area (Å²) in [5, 5.41) is 44.0. The average molecular weight is 1450 g/mol. The Labute approximate surface area is 566 Å². The molecule has 0 aromatic heterocycles. The van der Waals surface area contributed by atoms with Crippen molar-refractivity contribution in [3.63, 3.8) is 0 Å². The van der Waals surface area contributed by atoms with Gasteiger partial charge in [-0.25, -0.2) is 19.2 Å². The standard InChI is InChI=1S/4C18H17NO4.2Rh/c4*1-10(2)9-14(18(22)23)19-16(20)13-8-7-11-5-3-4-6-12(11)15(13)17(19)21;;/h4*3-8,10,14H,9H2,1-2H3,(H,22,23);;/t4*14-;;/m0000../s1. The molecule has 0 unspecified atom stereocenters. The van der Waals surface area contributed by atoms with Gasteiger partial charge in [0.1, 0.15) is 24.2 Å². The third kappa shape index (κ3) is 13.9. The van der Waals surface area contributed by atoms with Crippen LogP contribution in [0.25, 0.3) is 43.1 Å². The molecule has 0 bridgehead atoms. The van der Waals surface area contributed by atoms with Crippen LogP contribution in [0.15, 0.2) is 146 Å². The van der Waals surface area contributed by atoms with E-state index in [1.165, 1.54) is 0 Å². The molecule has 8 aromatic rings. The zero-order chi connectivity index (χ0) is 66.9. The van der Waals surface area contributed by atoms with Crippen LogP contribution in [0.5, 0.6) is 0 Å². The number of hydrogen-bond donors (Lipinski definition) is 4. The van der Waals surface area contributed by atoms with Crippen LogP contribution in [0.1, 0.15) is 164 Å². The number of carbonyl (C=O) groups excluding carboxylic acids is 8. The summed E-state index contributed by atoms with van der Waals surface area (Å²) >= 11 is 0. The Hall–Kier alpha value is -9.51. The van der Waals surface area contributed by atoms with Gasteiger partial charge in [0, 0.05) is 39.0 Å². The van der Waals surface area contributed by atoms with Crippen LogP contribution in [0.4, 0.5) is 0 Å². The van der Waals surface area contributed by atoms with E-state index in [4.69, 9.17) is 0 Å². The maximum atomic E-state index is 12.8. The fraction of sp³-hybridized carbons (Fsp3) is 0.278. The van der Waals surface area contributed by atoms with Gasteiger partial charge in [0.05, 0.1) is 44.5 Å². The van der Waals surface area contributed by atoms with E-state index in [0.717, 1.165) is 41.1 Å². The third-order valence-electron chi connectivity index (χ3n) is 16.4. The third-order valence-corrected chi connectivity index (χ3v) is 16.4. The van der Waals surface area contributed by atoms with Crippen LogP contribution < -0.4 is 0 Å². The van der Waals surface area contributed by atoms with E-state index < -0.39 is 95.3 Å². The minimum atomic E-state index is -1.16. The van der Waals surface area contributed by atoms with Gasteiger partial charge in [0.15, 0.2) is 0 Å². The fourth-order valence-corrected chi connectivity index (χ4v) is 12.3. The molecule has 0 saturated carbocycles. The van der Waals surface area contributed by atoms with Crippen molar-refractivity contribution in [2.75, 3.05) is 0 Å². The SMILES string of the molecule is CC(C)C[C@@H](C(=O)O)N1C(=O)c2ccc3ccccc3c2C1=O.CC(C)C[C@@H](C(=O)O)N1C(=O)c2ccc3ccccc3c2C1=O.CC(C)C[C@@H](C(=O)O)N1C(=O)c2ccc3ccccc3c2C1=O.CC(C)C[C@@H](C(=O)O)N1C(=O)c2ccc3ccccc3c2C1=O.[Rh].[Rh]. The summed E-state index contributed by atoms with van der Waals surface area (Å²) in [4.78, 5) is 152. The minimum absolute atomic E-state index is 0. The van der Waals surface area contributed by atoms with Crippen molar-refractivity contribution in [1.82, 2.24) is 19.6 Å². The Kier molecular flexibility index (Phi) is 22.7. The van der Waals surface area contributed by atoms with Crippen LogP contribution in [-0.4, -0.2) is 135 Å². The van der Waals surface area contributed by atoms with Crippen LogP contribution in [0.3, 0.4) is 0 Å². The number of imide groups is 4. The number of nitrogens with zero attached hydrogens (tertiary/aromatic N) is 4. The normalized spacial score (nSPS) is 15.0. The molecule has 0 saturated heterocycles. The van der Waals surface area contributed by atoms with Crippen LogP contribution in [0.2, 0.25) is 0 Å². The molecule has 8 amide bonds. The van der Waals surface area contributed by atoms with Gasteiger partial charge in [-0.3, -0.25) is 58.0 Å². The van der Waals surface area contributed by atoms with Gasteiger partial charge in [-0.2, -0.15) is 0 Å². The molecule has 2 radical (unpaired) electrons. The molecule has 8 aromatic carbocycles. The number of fused-ring (bicyclic) bond motifs is 12. The number of hydrogen-bond acceptors (Lipinski definition) is 12. The molecule has 22 heteroatoms. The second-order valence-corrected chi connectivity index (χ2v) is 24.7. The van der Waals surface area contributed by atoms with E-state index in [1.807, 2.05) is 104 Å². The van der Waals surface area contributed by atoms with E-state index in [-0.39, 0.29) is 111 Å². The zero-order valence-corrected chi connectivity index (χ0v) is 55.7. The first kappa shape index (κ1) is 71.9. The van der Waals surface area contributed by atoms with Crippen LogP contribution in [0, 0.1) is 23.7 Å². The van der Waals surface area contributed by atoms with Crippen LogP contribution in [-0.2, 0) is 58.1 Å². The molecule has 0 spiro atoms. The molecule has 94 heavy (non-hydrogen) atoms. The van der Waals surface area contributed by atoms with Crippen molar-refractivity contribution in [2.45, 2.75) is 105 Å². The van der Waals surface area contributed by atoms with E-state index in [0.29, 0.717) is 43.8 Å². The first-order chi connectivity index (χ1) is 43.7. The molecule has 4 aliphatic heterocycles. The first-order valence-electron chi connectivity index (χ1n) is 30.2. The number of amides is 8. The van der Waals surface area contributed by atoms with Gasteiger partial charge in [0.2, 0.25) is 0 Å². The maximum Gasteiger partial charge on any atom is 0.326 e. The molecule has 12 rings (SSSR count).